The molecule has 3 heteroatoms. The van der Waals surface area contributed by atoms with Gasteiger partial charge in [-0.3, -0.25) is 0 Å². The topological polar surface area (TPSA) is 38.5 Å². The van der Waals surface area contributed by atoms with E-state index in [1.807, 2.05) is 24.3 Å². The average molecular weight is 234 g/mol. The molecule has 0 bridgehead atoms. The zero-order valence-corrected chi connectivity index (χ0v) is 10.6. The van der Waals surface area contributed by atoms with Crippen molar-refractivity contribution in [3.05, 3.63) is 24.3 Å². The van der Waals surface area contributed by atoms with E-state index in [4.69, 9.17) is 10.5 Å². The second kappa shape index (κ2) is 5.92. The molecule has 0 heterocycles. The number of hydrogen-bond acceptors (Lipinski definition) is 3. The van der Waals surface area contributed by atoms with Crippen LogP contribution in [0.15, 0.2) is 24.3 Å². The second-order valence-corrected chi connectivity index (χ2v) is 4.63. The van der Waals surface area contributed by atoms with E-state index in [1.54, 1.807) is 0 Å². The van der Waals surface area contributed by atoms with Crippen LogP contribution in [0.3, 0.4) is 0 Å². The Morgan fingerprint density at radius 1 is 1.41 bits per heavy atom. The van der Waals surface area contributed by atoms with Crippen LogP contribution >= 0.6 is 0 Å². The summed E-state index contributed by atoms with van der Waals surface area (Å²) in [6, 6.07) is 8.48. The Morgan fingerprint density at radius 3 is 2.88 bits per heavy atom. The van der Waals surface area contributed by atoms with Gasteiger partial charge in [-0.1, -0.05) is 13.0 Å². The third-order valence-electron chi connectivity index (χ3n) is 3.19. The molecule has 1 aliphatic rings. The van der Waals surface area contributed by atoms with Gasteiger partial charge in [-0.25, -0.2) is 0 Å². The maximum atomic E-state index is 5.69. The number of ether oxygens (including phenoxy) is 1. The van der Waals surface area contributed by atoms with Crippen LogP contribution in [0.2, 0.25) is 0 Å². The molecule has 0 aromatic heterocycles. The van der Waals surface area contributed by atoms with E-state index in [-0.39, 0.29) is 0 Å². The first kappa shape index (κ1) is 12.2. The highest BCUT2D eigenvalue weighted by atomic mass is 16.5. The lowest BCUT2D eigenvalue weighted by molar-refractivity contribution is 0.235. The van der Waals surface area contributed by atoms with Crippen molar-refractivity contribution >= 4 is 5.69 Å². The number of nitrogen functional groups attached to an aromatic ring is 1. The van der Waals surface area contributed by atoms with Gasteiger partial charge in [0.1, 0.15) is 5.75 Å². The standard InChI is InChI=1S/C14H22N2O/c1-2-16(13-7-8-13)9-4-10-17-14-6-3-5-12(15)11-14/h3,5-6,11,13H,2,4,7-10,15H2,1H3. The summed E-state index contributed by atoms with van der Waals surface area (Å²) in [7, 11) is 0. The van der Waals surface area contributed by atoms with Crippen LogP contribution < -0.4 is 10.5 Å². The van der Waals surface area contributed by atoms with E-state index >= 15 is 0 Å². The third kappa shape index (κ3) is 3.93. The highest BCUT2D eigenvalue weighted by molar-refractivity contribution is 5.43. The van der Waals surface area contributed by atoms with E-state index in [9.17, 15) is 0 Å². The van der Waals surface area contributed by atoms with Gasteiger partial charge in [-0.05, 0) is 37.9 Å². The molecule has 17 heavy (non-hydrogen) atoms. The minimum absolute atomic E-state index is 0.760. The van der Waals surface area contributed by atoms with Crippen molar-refractivity contribution < 1.29 is 4.74 Å². The van der Waals surface area contributed by atoms with E-state index in [0.717, 1.165) is 43.6 Å². The predicted octanol–water partition coefficient (Wildman–Crippen LogP) is 2.52. The quantitative estimate of drug-likeness (QED) is 0.582. The highest BCUT2D eigenvalue weighted by Crippen LogP contribution is 2.26. The molecule has 2 rings (SSSR count). The molecule has 0 amide bonds. The van der Waals surface area contributed by atoms with Gasteiger partial charge in [0.2, 0.25) is 0 Å². The number of benzene rings is 1. The van der Waals surface area contributed by atoms with Crippen LogP contribution in [-0.4, -0.2) is 30.6 Å². The normalized spacial score (nSPS) is 15.2. The van der Waals surface area contributed by atoms with Crippen molar-refractivity contribution in [2.75, 3.05) is 25.4 Å². The van der Waals surface area contributed by atoms with E-state index in [2.05, 4.69) is 11.8 Å². The number of nitrogens with two attached hydrogens (primary N) is 1. The lowest BCUT2D eigenvalue weighted by atomic mass is 10.3. The summed E-state index contributed by atoms with van der Waals surface area (Å²) < 4.78 is 5.68. The lowest BCUT2D eigenvalue weighted by Gasteiger charge is -2.19. The number of rotatable bonds is 7. The summed E-state index contributed by atoms with van der Waals surface area (Å²) in [4.78, 5) is 2.54. The van der Waals surface area contributed by atoms with Gasteiger partial charge in [0.05, 0.1) is 6.61 Å². The summed E-state index contributed by atoms with van der Waals surface area (Å²) in [6.07, 6.45) is 3.84. The molecule has 1 aliphatic carbocycles. The van der Waals surface area contributed by atoms with Crippen molar-refractivity contribution in [3.8, 4) is 5.75 Å². The Bertz CT molecular complexity index is 350. The van der Waals surface area contributed by atoms with Crippen molar-refractivity contribution in [1.29, 1.82) is 0 Å². The molecule has 1 fully saturated rings. The van der Waals surface area contributed by atoms with Crippen LogP contribution in [0.25, 0.3) is 0 Å². The van der Waals surface area contributed by atoms with Crippen LogP contribution in [0.1, 0.15) is 26.2 Å². The van der Waals surface area contributed by atoms with Gasteiger partial charge < -0.3 is 15.4 Å². The van der Waals surface area contributed by atoms with Crippen LogP contribution in [-0.2, 0) is 0 Å². The van der Waals surface area contributed by atoms with Crippen molar-refractivity contribution in [2.24, 2.45) is 0 Å². The Labute approximate surface area is 104 Å². The second-order valence-electron chi connectivity index (χ2n) is 4.63. The Hall–Kier alpha value is -1.22. The van der Waals surface area contributed by atoms with E-state index in [1.165, 1.54) is 12.8 Å². The SMILES string of the molecule is CCN(CCCOc1cccc(N)c1)C1CC1. The predicted molar refractivity (Wildman–Crippen MR) is 71.2 cm³/mol. The third-order valence-corrected chi connectivity index (χ3v) is 3.19. The minimum atomic E-state index is 0.760. The van der Waals surface area contributed by atoms with Gasteiger partial charge in [-0.2, -0.15) is 0 Å². The van der Waals surface area contributed by atoms with Crippen molar-refractivity contribution in [3.63, 3.8) is 0 Å². The molecular weight excluding hydrogens is 212 g/mol. The van der Waals surface area contributed by atoms with Crippen LogP contribution in [0, 0.1) is 0 Å². The highest BCUT2D eigenvalue weighted by Gasteiger charge is 2.26. The van der Waals surface area contributed by atoms with Gasteiger partial charge in [-0.15, -0.1) is 0 Å². The fraction of sp³-hybridized carbons (Fsp3) is 0.571. The van der Waals surface area contributed by atoms with Crippen LogP contribution in [0.4, 0.5) is 5.69 Å². The first-order valence-electron chi connectivity index (χ1n) is 6.52. The molecule has 1 aromatic carbocycles. The maximum absolute atomic E-state index is 5.69. The summed E-state index contributed by atoms with van der Waals surface area (Å²) in [5.74, 6) is 0.875. The molecule has 3 nitrogen and oxygen atoms in total. The molecule has 0 aliphatic heterocycles. The lowest BCUT2D eigenvalue weighted by Crippen LogP contribution is -2.27. The van der Waals surface area contributed by atoms with Crippen molar-refractivity contribution in [2.45, 2.75) is 32.2 Å². The molecule has 0 radical (unpaired) electrons. The smallest absolute Gasteiger partial charge is 0.121 e. The number of nitrogens with zero attached hydrogens (tertiary/aromatic N) is 1. The van der Waals surface area contributed by atoms with E-state index < -0.39 is 0 Å². The molecule has 1 saturated carbocycles. The first-order chi connectivity index (χ1) is 8.29. The Balaban J connectivity index is 1.65. The van der Waals surface area contributed by atoms with Gasteiger partial charge in [0.15, 0.2) is 0 Å². The average Bonchev–Trinajstić information content (AvgIpc) is 3.13. The van der Waals surface area contributed by atoms with Gasteiger partial charge >= 0.3 is 0 Å². The fourth-order valence-corrected chi connectivity index (χ4v) is 2.10. The molecular formula is C14H22N2O. The van der Waals surface area contributed by atoms with Crippen molar-refractivity contribution in [1.82, 2.24) is 4.90 Å². The summed E-state index contributed by atoms with van der Waals surface area (Å²) in [5, 5.41) is 0. The summed E-state index contributed by atoms with van der Waals surface area (Å²) in [5.41, 5.74) is 6.45. The minimum Gasteiger partial charge on any atom is -0.493 e. The summed E-state index contributed by atoms with van der Waals surface area (Å²) >= 11 is 0. The zero-order chi connectivity index (χ0) is 12.1. The molecule has 94 valence electrons. The monoisotopic (exact) mass is 234 g/mol. The number of hydrogen-bond donors (Lipinski definition) is 1. The molecule has 1 aromatic rings. The number of anilines is 1. The fourth-order valence-electron chi connectivity index (χ4n) is 2.10. The first-order valence-corrected chi connectivity index (χ1v) is 6.52. The summed E-state index contributed by atoms with van der Waals surface area (Å²) in [6.45, 7) is 5.30. The van der Waals surface area contributed by atoms with E-state index in [0.29, 0.717) is 0 Å². The van der Waals surface area contributed by atoms with Gasteiger partial charge in [0.25, 0.3) is 0 Å². The zero-order valence-electron chi connectivity index (χ0n) is 10.6. The molecule has 0 spiro atoms. The largest absolute Gasteiger partial charge is 0.493 e. The van der Waals surface area contributed by atoms with Gasteiger partial charge in [0, 0.05) is 24.3 Å². The van der Waals surface area contributed by atoms with Crippen LogP contribution in [0.5, 0.6) is 5.75 Å². The maximum Gasteiger partial charge on any atom is 0.121 e. The molecule has 0 unspecified atom stereocenters. The molecule has 0 atom stereocenters. The Kier molecular flexibility index (Phi) is 4.26. The Morgan fingerprint density at radius 2 is 2.24 bits per heavy atom. The molecule has 2 N–H and O–H groups in total. The molecule has 0 saturated heterocycles.